The molecule has 7 heteroatoms. The van der Waals surface area contributed by atoms with Gasteiger partial charge in [0, 0.05) is 49.8 Å². The van der Waals surface area contributed by atoms with Gasteiger partial charge in [0.1, 0.15) is 11.6 Å². The summed E-state index contributed by atoms with van der Waals surface area (Å²) in [4.78, 5) is 4.12. The Morgan fingerprint density at radius 2 is 2.06 bits per heavy atom. The Morgan fingerprint density at radius 3 is 2.88 bits per heavy atom. The summed E-state index contributed by atoms with van der Waals surface area (Å²) in [6.07, 6.45) is 3.51. The number of fused-ring (bicyclic) bond motifs is 1. The molecule has 5 nitrogen and oxygen atoms in total. The fourth-order valence-corrected chi connectivity index (χ4v) is 5.82. The normalized spacial score (nSPS) is 17.3. The van der Waals surface area contributed by atoms with Gasteiger partial charge in [-0.2, -0.15) is 0 Å². The zero-order valence-electron chi connectivity index (χ0n) is 18.4. The van der Waals surface area contributed by atoms with Crippen LogP contribution in [0.25, 0.3) is 11.3 Å². The summed E-state index contributed by atoms with van der Waals surface area (Å²) in [7, 11) is 0. The van der Waals surface area contributed by atoms with Gasteiger partial charge >= 0.3 is 0 Å². The number of aryl methyl sites for hydroxylation is 1. The summed E-state index contributed by atoms with van der Waals surface area (Å²) in [6, 6.07) is 8.56. The number of hydrogen-bond acceptors (Lipinski definition) is 6. The first kappa shape index (κ1) is 21.5. The second-order valence-corrected chi connectivity index (χ2v) is 9.78. The van der Waals surface area contributed by atoms with Gasteiger partial charge in [0.2, 0.25) is 0 Å². The number of benzene rings is 1. The summed E-state index contributed by atoms with van der Waals surface area (Å²) >= 11 is 1.88. The standard InChI is InChI=1S/C25H29FN4OS/c1-17-2-3-20(26)12-22(17)23-4-5-25(29-28-23)27-13-19-16-32-24-15-30(9-6-21(19)24)14-18-7-10-31-11-8-18/h2-5,12,16,18H,6-11,13-15H2,1H3,(H,27,29). The van der Waals surface area contributed by atoms with E-state index in [1.165, 1.54) is 47.5 Å². The first-order chi connectivity index (χ1) is 15.7. The molecule has 2 aliphatic heterocycles. The van der Waals surface area contributed by atoms with Crippen LogP contribution in [-0.2, 0) is 24.2 Å². The first-order valence-corrected chi connectivity index (χ1v) is 12.3. The minimum absolute atomic E-state index is 0.261. The van der Waals surface area contributed by atoms with Gasteiger partial charge < -0.3 is 10.1 Å². The van der Waals surface area contributed by atoms with Crippen molar-refractivity contribution >= 4 is 17.2 Å². The summed E-state index contributed by atoms with van der Waals surface area (Å²) < 4.78 is 19.1. The molecule has 0 spiro atoms. The number of rotatable bonds is 6. The molecule has 1 N–H and O–H groups in total. The van der Waals surface area contributed by atoms with Crippen molar-refractivity contribution in [2.24, 2.45) is 5.92 Å². The van der Waals surface area contributed by atoms with E-state index in [4.69, 9.17) is 4.74 Å². The van der Waals surface area contributed by atoms with Crippen LogP contribution in [0.2, 0.25) is 0 Å². The van der Waals surface area contributed by atoms with Crippen LogP contribution in [0.4, 0.5) is 10.2 Å². The first-order valence-electron chi connectivity index (χ1n) is 11.4. The second kappa shape index (κ2) is 9.65. The third-order valence-corrected chi connectivity index (χ3v) is 7.63. The SMILES string of the molecule is Cc1ccc(F)cc1-c1ccc(NCc2csc3c2CCN(CC2CCOCC2)C3)nn1. The van der Waals surface area contributed by atoms with E-state index in [0.29, 0.717) is 5.69 Å². The molecule has 0 saturated carbocycles. The molecule has 2 aliphatic rings. The molecular weight excluding hydrogens is 423 g/mol. The zero-order chi connectivity index (χ0) is 21.9. The van der Waals surface area contributed by atoms with E-state index in [9.17, 15) is 4.39 Å². The number of halogens is 1. The van der Waals surface area contributed by atoms with Gasteiger partial charge in [-0.05, 0) is 78.4 Å². The molecule has 4 heterocycles. The van der Waals surface area contributed by atoms with Crippen LogP contribution in [-0.4, -0.2) is 41.4 Å². The summed E-state index contributed by atoms with van der Waals surface area (Å²) in [5.74, 6) is 1.26. The van der Waals surface area contributed by atoms with E-state index in [2.05, 4.69) is 25.8 Å². The Bertz CT molecular complexity index is 1060. The fraction of sp³-hybridized carbons (Fsp3) is 0.440. The molecule has 0 bridgehead atoms. The topological polar surface area (TPSA) is 50.3 Å². The molecule has 168 valence electrons. The highest BCUT2D eigenvalue weighted by atomic mass is 32.1. The predicted molar refractivity (Wildman–Crippen MR) is 126 cm³/mol. The highest BCUT2D eigenvalue weighted by molar-refractivity contribution is 7.10. The number of hydrogen-bond donors (Lipinski definition) is 1. The Morgan fingerprint density at radius 1 is 1.19 bits per heavy atom. The summed E-state index contributed by atoms with van der Waals surface area (Å²) in [6.45, 7) is 7.94. The van der Waals surface area contributed by atoms with E-state index in [1.54, 1.807) is 6.07 Å². The maximum absolute atomic E-state index is 13.6. The largest absolute Gasteiger partial charge is 0.381 e. The van der Waals surface area contributed by atoms with Crippen LogP contribution >= 0.6 is 11.3 Å². The quantitative estimate of drug-likeness (QED) is 0.567. The predicted octanol–water partition coefficient (Wildman–Crippen LogP) is 5.05. The molecule has 5 rings (SSSR count). The van der Waals surface area contributed by atoms with Crippen LogP contribution < -0.4 is 5.32 Å². The van der Waals surface area contributed by atoms with Gasteiger partial charge in [-0.1, -0.05) is 6.07 Å². The number of anilines is 1. The van der Waals surface area contributed by atoms with Crippen LogP contribution in [0, 0.1) is 18.7 Å². The van der Waals surface area contributed by atoms with Crippen LogP contribution in [0.1, 0.15) is 34.4 Å². The average Bonchev–Trinajstić information content (AvgIpc) is 3.22. The van der Waals surface area contributed by atoms with Crippen molar-refractivity contribution in [3.05, 3.63) is 63.1 Å². The molecule has 1 aromatic carbocycles. The minimum Gasteiger partial charge on any atom is -0.381 e. The van der Waals surface area contributed by atoms with Crippen molar-refractivity contribution in [2.45, 2.75) is 39.3 Å². The van der Waals surface area contributed by atoms with Crippen molar-refractivity contribution in [1.82, 2.24) is 15.1 Å². The maximum atomic E-state index is 13.6. The molecule has 0 aliphatic carbocycles. The summed E-state index contributed by atoms with van der Waals surface area (Å²) in [5.41, 5.74) is 5.32. The minimum atomic E-state index is -0.261. The average molecular weight is 453 g/mol. The molecule has 32 heavy (non-hydrogen) atoms. The van der Waals surface area contributed by atoms with Crippen molar-refractivity contribution in [2.75, 3.05) is 31.6 Å². The van der Waals surface area contributed by atoms with E-state index in [1.807, 2.05) is 30.4 Å². The Hall–Kier alpha value is -2.35. The Balaban J connectivity index is 1.19. The van der Waals surface area contributed by atoms with Gasteiger partial charge in [-0.3, -0.25) is 4.90 Å². The maximum Gasteiger partial charge on any atom is 0.148 e. The molecule has 0 unspecified atom stereocenters. The highest BCUT2D eigenvalue weighted by Gasteiger charge is 2.24. The van der Waals surface area contributed by atoms with Crippen molar-refractivity contribution in [3.63, 3.8) is 0 Å². The lowest BCUT2D eigenvalue weighted by Crippen LogP contribution is -2.36. The lowest BCUT2D eigenvalue weighted by Gasteiger charge is -2.32. The van der Waals surface area contributed by atoms with Crippen LogP contribution in [0.3, 0.4) is 0 Å². The third kappa shape index (κ3) is 4.85. The molecule has 1 saturated heterocycles. The van der Waals surface area contributed by atoms with Gasteiger partial charge in [-0.15, -0.1) is 21.5 Å². The number of nitrogens with one attached hydrogen (secondary N) is 1. The monoisotopic (exact) mass is 452 g/mol. The molecule has 0 atom stereocenters. The van der Waals surface area contributed by atoms with E-state index in [-0.39, 0.29) is 5.82 Å². The molecule has 0 radical (unpaired) electrons. The van der Waals surface area contributed by atoms with Gasteiger partial charge in [0.15, 0.2) is 0 Å². The molecule has 2 aromatic heterocycles. The Kier molecular flexibility index (Phi) is 6.48. The van der Waals surface area contributed by atoms with Crippen molar-refractivity contribution in [1.29, 1.82) is 0 Å². The number of nitrogens with zero attached hydrogens (tertiary/aromatic N) is 3. The number of thiophene rings is 1. The molecular formula is C25H29FN4OS. The highest BCUT2D eigenvalue weighted by Crippen LogP contribution is 2.30. The van der Waals surface area contributed by atoms with E-state index in [0.717, 1.165) is 62.1 Å². The molecule has 0 amide bonds. The van der Waals surface area contributed by atoms with Gasteiger partial charge in [-0.25, -0.2) is 4.39 Å². The number of aromatic nitrogens is 2. The lowest BCUT2D eigenvalue weighted by atomic mass is 9.97. The van der Waals surface area contributed by atoms with E-state index < -0.39 is 0 Å². The molecule has 1 fully saturated rings. The number of ether oxygens (including phenoxy) is 1. The van der Waals surface area contributed by atoms with Gasteiger partial charge in [0.25, 0.3) is 0 Å². The van der Waals surface area contributed by atoms with Crippen molar-refractivity contribution in [3.8, 4) is 11.3 Å². The Labute approximate surface area is 192 Å². The zero-order valence-corrected chi connectivity index (χ0v) is 19.3. The van der Waals surface area contributed by atoms with Gasteiger partial charge in [0.05, 0.1) is 5.69 Å². The van der Waals surface area contributed by atoms with Crippen molar-refractivity contribution < 1.29 is 9.13 Å². The lowest BCUT2D eigenvalue weighted by molar-refractivity contribution is 0.0508. The fourth-order valence-electron chi connectivity index (χ4n) is 4.67. The van der Waals surface area contributed by atoms with Crippen LogP contribution in [0.5, 0.6) is 0 Å². The third-order valence-electron chi connectivity index (χ3n) is 6.57. The second-order valence-electron chi connectivity index (χ2n) is 8.82. The molecule has 3 aromatic rings. The van der Waals surface area contributed by atoms with E-state index >= 15 is 0 Å². The summed E-state index contributed by atoms with van der Waals surface area (Å²) in [5, 5.41) is 14.3. The van der Waals surface area contributed by atoms with Crippen LogP contribution in [0.15, 0.2) is 35.7 Å². The smallest absolute Gasteiger partial charge is 0.148 e.